The van der Waals surface area contributed by atoms with Gasteiger partial charge < -0.3 is 15.3 Å². The Labute approximate surface area is 159 Å². The van der Waals surface area contributed by atoms with Crippen LogP contribution in [0.5, 0.6) is 0 Å². The van der Waals surface area contributed by atoms with Crippen LogP contribution in [0.15, 0.2) is 0 Å². The topological polar surface area (TPSA) is 65.0 Å². The fourth-order valence-corrected chi connectivity index (χ4v) is 4.78. The maximum atomic E-state index is 12.9. The summed E-state index contributed by atoms with van der Waals surface area (Å²) in [6, 6.07) is 0. The first-order valence-electron chi connectivity index (χ1n) is 10.2. The van der Waals surface area contributed by atoms with Crippen molar-refractivity contribution < 1.29 is 14.7 Å². The summed E-state index contributed by atoms with van der Waals surface area (Å²) in [6.45, 7) is 12.0. The van der Waals surface area contributed by atoms with Crippen molar-refractivity contribution in [2.45, 2.75) is 89.5 Å². The van der Waals surface area contributed by atoms with Crippen LogP contribution in [0.25, 0.3) is 0 Å². The first kappa shape index (κ1) is 21.6. The molecule has 6 nitrogen and oxygen atoms in total. The molecule has 0 radical (unpaired) electrons. The monoisotopic (exact) mass is 369 g/mol. The molecule has 5 atom stereocenters. The summed E-state index contributed by atoms with van der Waals surface area (Å²) in [7, 11) is 4.06. The summed E-state index contributed by atoms with van der Waals surface area (Å²) >= 11 is 0. The predicted octanol–water partition coefficient (Wildman–Crippen LogP) is 2.17. The highest BCUT2D eigenvalue weighted by molar-refractivity contribution is 5.85. The van der Waals surface area contributed by atoms with Gasteiger partial charge in [-0.1, -0.05) is 20.8 Å². The van der Waals surface area contributed by atoms with Crippen molar-refractivity contribution in [2.75, 3.05) is 27.2 Å². The van der Waals surface area contributed by atoms with Crippen LogP contribution in [-0.2, 0) is 9.63 Å². The second-order valence-electron chi connectivity index (χ2n) is 9.05. The van der Waals surface area contributed by atoms with Crippen molar-refractivity contribution in [1.29, 1.82) is 0 Å². The number of carbonyl (C=O) groups is 1. The lowest BCUT2D eigenvalue weighted by molar-refractivity contribution is -0.301. The smallest absolute Gasteiger partial charge is 0.254 e. The molecule has 2 N–H and O–H groups in total. The fourth-order valence-electron chi connectivity index (χ4n) is 4.78. The number of aliphatic hydroxyl groups is 1. The van der Waals surface area contributed by atoms with Crippen LogP contribution < -0.4 is 5.32 Å². The van der Waals surface area contributed by atoms with Crippen molar-refractivity contribution >= 4 is 5.91 Å². The molecule has 26 heavy (non-hydrogen) atoms. The molecule has 5 unspecified atom stereocenters. The van der Waals surface area contributed by atoms with Gasteiger partial charge >= 0.3 is 0 Å². The van der Waals surface area contributed by atoms with Gasteiger partial charge in [0.1, 0.15) is 0 Å². The quantitative estimate of drug-likeness (QED) is 0.674. The van der Waals surface area contributed by atoms with Crippen LogP contribution in [0.4, 0.5) is 0 Å². The van der Waals surface area contributed by atoms with E-state index in [1.54, 1.807) is 0 Å². The Balaban J connectivity index is 2.18. The zero-order chi connectivity index (χ0) is 19.8. The molecule has 0 aromatic heterocycles. The molecular weight excluding hydrogens is 330 g/mol. The lowest BCUT2D eigenvalue weighted by Gasteiger charge is -2.56. The average molecular weight is 370 g/mol. The van der Waals surface area contributed by atoms with Crippen molar-refractivity contribution in [3.63, 3.8) is 0 Å². The highest BCUT2D eigenvalue weighted by atomic mass is 16.7. The predicted molar refractivity (Wildman–Crippen MR) is 104 cm³/mol. The van der Waals surface area contributed by atoms with E-state index in [2.05, 4.69) is 43.0 Å². The SMILES string of the molecule is CCC12CC(O)C(C)C(C)(CC)N1OC(C)(C(=O)NCCCN(C)C)C2. The van der Waals surface area contributed by atoms with Gasteiger partial charge in [0.05, 0.1) is 11.6 Å². The Hall–Kier alpha value is -0.690. The summed E-state index contributed by atoms with van der Waals surface area (Å²) in [5, 5.41) is 15.9. The summed E-state index contributed by atoms with van der Waals surface area (Å²) in [4.78, 5) is 21.5. The molecule has 2 saturated heterocycles. The number of hydrogen-bond donors (Lipinski definition) is 2. The second-order valence-corrected chi connectivity index (χ2v) is 9.05. The summed E-state index contributed by atoms with van der Waals surface area (Å²) in [5.41, 5.74) is -1.45. The number of fused-ring (bicyclic) bond motifs is 1. The van der Waals surface area contributed by atoms with E-state index in [1.165, 1.54) is 0 Å². The first-order chi connectivity index (χ1) is 12.0. The minimum Gasteiger partial charge on any atom is -0.393 e. The largest absolute Gasteiger partial charge is 0.393 e. The third-order valence-electron chi connectivity index (χ3n) is 6.92. The Morgan fingerprint density at radius 1 is 1.31 bits per heavy atom. The van der Waals surface area contributed by atoms with Gasteiger partial charge in [0.15, 0.2) is 5.60 Å². The first-order valence-corrected chi connectivity index (χ1v) is 10.2. The minimum absolute atomic E-state index is 0.0425. The molecule has 0 bridgehead atoms. The zero-order valence-corrected chi connectivity index (χ0v) is 17.8. The Kier molecular flexibility index (Phi) is 6.43. The lowest BCUT2D eigenvalue weighted by Crippen LogP contribution is -2.65. The van der Waals surface area contributed by atoms with E-state index in [0.717, 1.165) is 25.8 Å². The van der Waals surface area contributed by atoms with Crippen molar-refractivity contribution in [1.82, 2.24) is 15.3 Å². The number of carbonyl (C=O) groups excluding carboxylic acids is 1. The molecule has 1 amide bonds. The van der Waals surface area contributed by atoms with E-state index in [1.807, 2.05) is 21.0 Å². The van der Waals surface area contributed by atoms with Gasteiger partial charge in [-0.2, -0.15) is 5.06 Å². The van der Waals surface area contributed by atoms with Crippen LogP contribution in [0.1, 0.15) is 66.7 Å². The van der Waals surface area contributed by atoms with Gasteiger partial charge in [-0.15, -0.1) is 0 Å². The van der Waals surface area contributed by atoms with Gasteiger partial charge in [0.25, 0.3) is 5.91 Å². The molecule has 0 spiro atoms. The van der Waals surface area contributed by atoms with Crippen LogP contribution in [0, 0.1) is 5.92 Å². The molecule has 152 valence electrons. The van der Waals surface area contributed by atoms with E-state index in [0.29, 0.717) is 19.4 Å². The molecule has 0 aromatic carbocycles. The Morgan fingerprint density at radius 3 is 2.50 bits per heavy atom. The summed E-state index contributed by atoms with van der Waals surface area (Å²) < 4.78 is 0. The van der Waals surface area contributed by atoms with Gasteiger partial charge in [0.2, 0.25) is 0 Å². The van der Waals surface area contributed by atoms with Crippen LogP contribution in [0.3, 0.4) is 0 Å². The molecule has 6 heteroatoms. The average Bonchev–Trinajstić information content (AvgIpc) is 2.91. The molecule has 0 aromatic rings. The van der Waals surface area contributed by atoms with Gasteiger partial charge in [-0.05, 0) is 60.2 Å². The van der Waals surface area contributed by atoms with E-state index in [-0.39, 0.29) is 29.0 Å². The highest BCUT2D eigenvalue weighted by Crippen LogP contribution is 2.54. The van der Waals surface area contributed by atoms with E-state index in [9.17, 15) is 9.90 Å². The third-order valence-corrected chi connectivity index (χ3v) is 6.92. The number of rotatable bonds is 7. The molecule has 2 aliphatic heterocycles. The number of nitrogens with one attached hydrogen (secondary N) is 1. The molecule has 0 aliphatic carbocycles. The highest BCUT2D eigenvalue weighted by Gasteiger charge is 2.64. The molecule has 0 saturated carbocycles. The lowest BCUT2D eigenvalue weighted by atomic mass is 9.67. The van der Waals surface area contributed by atoms with E-state index >= 15 is 0 Å². The third kappa shape index (κ3) is 3.66. The maximum absolute atomic E-state index is 12.9. The number of piperidine rings is 1. The van der Waals surface area contributed by atoms with E-state index in [4.69, 9.17) is 4.84 Å². The van der Waals surface area contributed by atoms with Gasteiger partial charge in [-0.3, -0.25) is 9.63 Å². The Bertz CT molecular complexity index is 515. The van der Waals surface area contributed by atoms with Crippen LogP contribution in [0.2, 0.25) is 0 Å². The number of aliphatic hydroxyl groups excluding tert-OH is 1. The molecule has 2 rings (SSSR count). The minimum atomic E-state index is -0.881. The van der Waals surface area contributed by atoms with Crippen molar-refractivity contribution in [3.05, 3.63) is 0 Å². The second kappa shape index (κ2) is 7.74. The Morgan fingerprint density at radius 2 is 1.96 bits per heavy atom. The summed E-state index contributed by atoms with van der Waals surface area (Å²) in [5.74, 6) is 0.0526. The number of amides is 1. The number of nitrogens with zero attached hydrogens (tertiary/aromatic N) is 2. The standard InChI is InChI=1S/C20H39N3O3/c1-8-18(4)15(3)16(24)13-20(9-2)14-19(5,26-23(18)20)17(25)21-11-10-12-22(6)7/h15-16,24H,8-14H2,1-7H3,(H,21,25). The zero-order valence-electron chi connectivity index (χ0n) is 17.8. The molecule has 2 heterocycles. The maximum Gasteiger partial charge on any atom is 0.254 e. The normalized spacial score (nSPS) is 40.7. The van der Waals surface area contributed by atoms with Gasteiger partial charge in [-0.25, -0.2) is 0 Å². The molecular formula is C20H39N3O3. The van der Waals surface area contributed by atoms with Crippen molar-refractivity contribution in [2.24, 2.45) is 5.92 Å². The number of hydrogen-bond acceptors (Lipinski definition) is 5. The van der Waals surface area contributed by atoms with E-state index < -0.39 is 5.60 Å². The van der Waals surface area contributed by atoms with Crippen LogP contribution >= 0.6 is 0 Å². The molecule has 2 fully saturated rings. The fraction of sp³-hybridized carbons (Fsp3) is 0.950. The van der Waals surface area contributed by atoms with Crippen molar-refractivity contribution in [3.8, 4) is 0 Å². The van der Waals surface area contributed by atoms with Gasteiger partial charge in [0, 0.05) is 24.4 Å². The molecule has 2 aliphatic rings. The number of hydroxylamine groups is 2. The summed E-state index contributed by atoms with van der Waals surface area (Å²) in [6.07, 6.45) is 3.55. The van der Waals surface area contributed by atoms with Crippen LogP contribution in [-0.4, -0.2) is 70.9 Å².